The summed E-state index contributed by atoms with van der Waals surface area (Å²) in [6.45, 7) is 0.101. The summed E-state index contributed by atoms with van der Waals surface area (Å²) in [5.41, 5.74) is -0.133. The number of alkyl halides is 3. The largest absolute Gasteiger partial charge is 0.412 e. The van der Waals surface area contributed by atoms with Gasteiger partial charge in [0.1, 0.15) is 6.54 Å². The molecule has 3 amide bonds. The number of piperazine rings is 1. The molecule has 0 aliphatic carbocycles. The molecular formula is C13H13ClF3N3O2. The molecule has 1 fully saturated rings. The highest BCUT2D eigenvalue weighted by Gasteiger charge is 2.42. The second-order valence-electron chi connectivity index (χ2n) is 4.75. The van der Waals surface area contributed by atoms with Crippen LogP contribution in [0.3, 0.4) is 0 Å². The molecule has 22 heavy (non-hydrogen) atoms. The summed E-state index contributed by atoms with van der Waals surface area (Å²) in [4.78, 5) is 24.2. The first kappa shape index (κ1) is 16.4. The van der Waals surface area contributed by atoms with Gasteiger partial charge in [0.15, 0.2) is 6.04 Å². The maximum Gasteiger partial charge on any atom is 0.412 e. The summed E-state index contributed by atoms with van der Waals surface area (Å²) in [6, 6.07) is 1.92. The van der Waals surface area contributed by atoms with Gasteiger partial charge < -0.3 is 15.5 Å². The third-order valence-corrected chi connectivity index (χ3v) is 3.38. The monoisotopic (exact) mass is 335 g/mol. The molecule has 1 unspecified atom stereocenters. The molecule has 0 saturated carbocycles. The van der Waals surface area contributed by atoms with E-state index in [9.17, 15) is 22.8 Å². The Morgan fingerprint density at radius 2 is 1.95 bits per heavy atom. The van der Waals surface area contributed by atoms with Crippen molar-refractivity contribution < 1.29 is 22.8 Å². The number of nitrogens with one attached hydrogen (secondary N) is 2. The average Bonchev–Trinajstić information content (AvgIpc) is 2.44. The zero-order valence-corrected chi connectivity index (χ0v) is 12.0. The van der Waals surface area contributed by atoms with Gasteiger partial charge in [0.2, 0.25) is 5.91 Å². The van der Waals surface area contributed by atoms with Crippen molar-refractivity contribution in [3.63, 3.8) is 0 Å². The van der Waals surface area contributed by atoms with Crippen molar-refractivity contribution in [1.29, 1.82) is 0 Å². The zero-order valence-electron chi connectivity index (χ0n) is 11.3. The fourth-order valence-electron chi connectivity index (χ4n) is 2.04. The SMILES string of the molecule is O=C1CN(C(=O)NC(c2ccc(Cl)cc2)C(F)(F)F)CCN1. The molecule has 0 radical (unpaired) electrons. The van der Waals surface area contributed by atoms with E-state index in [2.05, 4.69) is 5.32 Å². The Hall–Kier alpha value is -1.96. The van der Waals surface area contributed by atoms with Crippen LogP contribution in [0, 0.1) is 0 Å². The van der Waals surface area contributed by atoms with Crippen LogP contribution in [0.5, 0.6) is 0 Å². The number of benzene rings is 1. The smallest absolute Gasteiger partial charge is 0.353 e. The number of rotatable bonds is 2. The molecular weight excluding hydrogens is 323 g/mol. The first-order valence-electron chi connectivity index (χ1n) is 6.41. The minimum absolute atomic E-state index is 0.133. The molecule has 1 aromatic carbocycles. The Bertz CT molecular complexity index is 563. The van der Waals surface area contributed by atoms with Gasteiger partial charge in [0.25, 0.3) is 0 Å². The number of hydrogen-bond donors (Lipinski definition) is 2. The number of carbonyl (C=O) groups excluding carboxylic acids is 2. The van der Waals surface area contributed by atoms with E-state index < -0.39 is 24.2 Å². The van der Waals surface area contributed by atoms with Gasteiger partial charge in [-0.1, -0.05) is 23.7 Å². The Labute approximate surface area is 129 Å². The molecule has 1 atom stereocenters. The van der Waals surface area contributed by atoms with Crippen molar-refractivity contribution in [2.45, 2.75) is 12.2 Å². The number of nitrogens with zero attached hydrogens (tertiary/aromatic N) is 1. The molecule has 1 aliphatic heterocycles. The number of urea groups is 1. The summed E-state index contributed by atoms with van der Waals surface area (Å²) in [5, 5.41) is 4.71. The lowest BCUT2D eigenvalue weighted by molar-refractivity contribution is -0.155. The molecule has 2 rings (SSSR count). The maximum atomic E-state index is 13.2. The number of halogens is 4. The van der Waals surface area contributed by atoms with Crippen LogP contribution in [0.1, 0.15) is 11.6 Å². The molecule has 1 aliphatic rings. The first-order valence-corrected chi connectivity index (χ1v) is 6.79. The third-order valence-electron chi connectivity index (χ3n) is 3.12. The molecule has 1 saturated heterocycles. The topological polar surface area (TPSA) is 61.4 Å². The summed E-state index contributed by atoms with van der Waals surface area (Å²) in [7, 11) is 0. The zero-order chi connectivity index (χ0) is 16.3. The summed E-state index contributed by atoms with van der Waals surface area (Å²) in [6.07, 6.45) is -4.67. The van der Waals surface area contributed by atoms with Gasteiger partial charge in [-0.15, -0.1) is 0 Å². The van der Waals surface area contributed by atoms with Crippen molar-refractivity contribution in [2.24, 2.45) is 0 Å². The summed E-state index contributed by atoms with van der Waals surface area (Å²) < 4.78 is 39.5. The quantitative estimate of drug-likeness (QED) is 0.869. The second kappa shape index (κ2) is 6.43. The van der Waals surface area contributed by atoms with Gasteiger partial charge in [-0.2, -0.15) is 13.2 Å². The van der Waals surface area contributed by atoms with Crippen LogP contribution in [-0.2, 0) is 4.79 Å². The van der Waals surface area contributed by atoms with Crippen molar-refractivity contribution >= 4 is 23.5 Å². The first-order chi connectivity index (χ1) is 10.3. The highest BCUT2D eigenvalue weighted by atomic mass is 35.5. The van der Waals surface area contributed by atoms with E-state index in [-0.39, 0.29) is 25.2 Å². The second-order valence-corrected chi connectivity index (χ2v) is 5.18. The van der Waals surface area contributed by atoms with Gasteiger partial charge >= 0.3 is 12.2 Å². The standard InChI is InChI=1S/C13H13ClF3N3O2/c14-9-3-1-8(2-4-9)11(13(15,16)17)19-12(22)20-6-5-18-10(21)7-20/h1-4,11H,5-7H2,(H,18,21)(H,19,22). The predicted octanol–water partition coefficient (Wildman–Crippen LogP) is 2.08. The van der Waals surface area contributed by atoms with E-state index in [1.54, 1.807) is 0 Å². The third kappa shape index (κ3) is 4.03. The molecule has 5 nitrogen and oxygen atoms in total. The number of carbonyl (C=O) groups is 2. The van der Waals surface area contributed by atoms with Gasteiger partial charge in [-0.05, 0) is 17.7 Å². The van der Waals surface area contributed by atoms with E-state index in [0.29, 0.717) is 5.02 Å². The lowest BCUT2D eigenvalue weighted by atomic mass is 10.1. The lowest BCUT2D eigenvalue weighted by Crippen LogP contribution is -2.54. The number of hydrogen-bond acceptors (Lipinski definition) is 2. The molecule has 2 N–H and O–H groups in total. The lowest BCUT2D eigenvalue weighted by Gasteiger charge is -2.30. The Kier molecular flexibility index (Phi) is 4.80. The Morgan fingerprint density at radius 1 is 1.32 bits per heavy atom. The maximum absolute atomic E-state index is 13.2. The molecule has 0 spiro atoms. The van der Waals surface area contributed by atoms with Gasteiger partial charge in [0, 0.05) is 18.1 Å². The minimum Gasteiger partial charge on any atom is -0.353 e. The minimum atomic E-state index is -4.67. The van der Waals surface area contributed by atoms with Crippen molar-refractivity contribution in [1.82, 2.24) is 15.5 Å². The predicted molar refractivity (Wildman–Crippen MR) is 73.4 cm³/mol. The van der Waals surface area contributed by atoms with Crippen LogP contribution < -0.4 is 10.6 Å². The fraction of sp³-hybridized carbons (Fsp3) is 0.385. The van der Waals surface area contributed by atoms with E-state index in [1.165, 1.54) is 24.3 Å². The van der Waals surface area contributed by atoms with Crippen molar-refractivity contribution in [2.75, 3.05) is 19.6 Å². The average molecular weight is 336 g/mol. The molecule has 1 heterocycles. The van der Waals surface area contributed by atoms with Crippen LogP contribution >= 0.6 is 11.6 Å². The molecule has 0 bridgehead atoms. The van der Waals surface area contributed by atoms with Gasteiger partial charge in [-0.25, -0.2) is 4.79 Å². The van der Waals surface area contributed by atoms with Crippen LogP contribution in [0.15, 0.2) is 24.3 Å². The highest BCUT2D eigenvalue weighted by molar-refractivity contribution is 6.30. The summed E-state index contributed by atoms with van der Waals surface area (Å²) >= 11 is 5.65. The number of amides is 3. The van der Waals surface area contributed by atoms with Crippen molar-refractivity contribution in [3.8, 4) is 0 Å². The van der Waals surface area contributed by atoms with Gasteiger partial charge in [-0.3, -0.25) is 4.79 Å². The van der Waals surface area contributed by atoms with Crippen LogP contribution in [-0.4, -0.2) is 42.6 Å². The normalized spacial score (nSPS) is 16.9. The van der Waals surface area contributed by atoms with Gasteiger partial charge in [0.05, 0.1) is 0 Å². The van der Waals surface area contributed by atoms with E-state index in [1.807, 2.05) is 5.32 Å². The van der Waals surface area contributed by atoms with Crippen molar-refractivity contribution in [3.05, 3.63) is 34.9 Å². The molecule has 0 aromatic heterocycles. The molecule has 9 heteroatoms. The van der Waals surface area contributed by atoms with Crippen LogP contribution in [0.2, 0.25) is 5.02 Å². The van der Waals surface area contributed by atoms with Crippen LogP contribution in [0.4, 0.5) is 18.0 Å². The molecule has 1 aromatic rings. The summed E-state index contributed by atoms with van der Waals surface area (Å²) in [5.74, 6) is -0.406. The highest BCUT2D eigenvalue weighted by Crippen LogP contribution is 2.33. The fourth-order valence-corrected chi connectivity index (χ4v) is 2.16. The molecule has 120 valence electrons. The Balaban J connectivity index is 2.15. The van der Waals surface area contributed by atoms with E-state index in [4.69, 9.17) is 11.6 Å². The van der Waals surface area contributed by atoms with E-state index in [0.717, 1.165) is 4.90 Å². The Morgan fingerprint density at radius 3 is 2.50 bits per heavy atom. The van der Waals surface area contributed by atoms with E-state index >= 15 is 0 Å². The van der Waals surface area contributed by atoms with Crippen LogP contribution in [0.25, 0.3) is 0 Å².